The lowest BCUT2D eigenvalue weighted by molar-refractivity contribution is 0.552. The van der Waals surface area contributed by atoms with Gasteiger partial charge in [0.25, 0.3) is 0 Å². The van der Waals surface area contributed by atoms with Crippen molar-refractivity contribution in [1.82, 2.24) is 5.32 Å². The molecule has 0 heterocycles. The first-order chi connectivity index (χ1) is 7.24. The number of hydrogen-bond acceptors (Lipinski definition) is 1. The van der Waals surface area contributed by atoms with E-state index in [-0.39, 0.29) is 11.9 Å². The molecule has 0 radical (unpaired) electrons. The molecular weight excluding hydrogens is 189 g/mol. The van der Waals surface area contributed by atoms with Gasteiger partial charge in [0, 0.05) is 6.04 Å². The Bertz CT molecular complexity index is 362. The van der Waals surface area contributed by atoms with Crippen LogP contribution in [0.15, 0.2) is 24.3 Å². The Labute approximate surface area is 90.7 Å². The van der Waals surface area contributed by atoms with E-state index in [2.05, 4.69) is 17.2 Å². The van der Waals surface area contributed by atoms with Gasteiger partial charge in [-0.25, -0.2) is 4.39 Å². The normalized spacial score (nSPS) is 11.7. The molecule has 1 aromatic carbocycles. The molecule has 1 unspecified atom stereocenters. The van der Waals surface area contributed by atoms with Crippen LogP contribution in [0.2, 0.25) is 0 Å². The maximum atomic E-state index is 13.3. The zero-order valence-corrected chi connectivity index (χ0v) is 9.18. The standard InChI is InChI=1S/C13H16FN/c1-3-4-9-15-11(2)10-12-7-5-6-8-13(12)14/h5-8,11,15H,9-10H2,1-2H3. The zero-order valence-electron chi connectivity index (χ0n) is 9.18. The van der Waals surface area contributed by atoms with Crippen LogP contribution in [0.5, 0.6) is 0 Å². The van der Waals surface area contributed by atoms with Crippen molar-refractivity contribution in [3.8, 4) is 11.8 Å². The molecular formula is C13H16FN. The lowest BCUT2D eigenvalue weighted by Gasteiger charge is -2.12. The SMILES string of the molecule is CC#CCNC(C)Cc1ccccc1F. The van der Waals surface area contributed by atoms with Crippen molar-refractivity contribution in [3.05, 3.63) is 35.6 Å². The Kier molecular flexibility index (Phi) is 4.86. The second-order valence-electron chi connectivity index (χ2n) is 3.50. The van der Waals surface area contributed by atoms with Gasteiger partial charge in [0.1, 0.15) is 5.82 Å². The summed E-state index contributed by atoms with van der Waals surface area (Å²) in [5, 5.41) is 3.22. The molecule has 15 heavy (non-hydrogen) atoms. The average Bonchev–Trinajstić information content (AvgIpc) is 2.22. The fourth-order valence-electron chi connectivity index (χ4n) is 1.38. The Morgan fingerprint density at radius 2 is 2.13 bits per heavy atom. The molecule has 0 fully saturated rings. The number of nitrogens with one attached hydrogen (secondary N) is 1. The summed E-state index contributed by atoms with van der Waals surface area (Å²) >= 11 is 0. The molecule has 2 heteroatoms. The highest BCUT2D eigenvalue weighted by molar-refractivity contribution is 5.18. The van der Waals surface area contributed by atoms with E-state index < -0.39 is 0 Å². The Hall–Kier alpha value is -1.33. The van der Waals surface area contributed by atoms with Crippen molar-refractivity contribution in [3.63, 3.8) is 0 Å². The third-order valence-electron chi connectivity index (χ3n) is 2.20. The predicted molar refractivity (Wildman–Crippen MR) is 61.0 cm³/mol. The molecule has 0 bridgehead atoms. The van der Waals surface area contributed by atoms with Crippen LogP contribution in [-0.4, -0.2) is 12.6 Å². The molecule has 1 nitrogen and oxygen atoms in total. The van der Waals surface area contributed by atoms with Crippen LogP contribution in [0.4, 0.5) is 4.39 Å². The fourth-order valence-corrected chi connectivity index (χ4v) is 1.38. The Morgan fingerprint density at radius 1 is 1.40 bits per heavy atom. The van der Waals surface area contributed by atoms with E-state index in [4.69, 9.17) is 0 Å². The molecule has 1 rings (SSSR count). The minimum absolute atomic E-state index is 0.132. The van der Waals surface area contributed by atoms with Crippen molar-refractivity contribution < 1.29 is 4.39 Å². The molecule has 0 aliphatic rings. The summed E-state index contributed by atoms with van der Waals surface area (Å²) < 4.78 is 13.3. The average molecular weight is 205 g/mol. The van der Waals surface area contributed by atoms with Gasteiger partial charge in [0.15, 0.2) is 0 Å². The Morgan fingerprint density at radius 3 is 2.80 bits per heavy atom. The van der Waals surface area contributed by atoms with Crippen molar-refractivity contribution in [1.29, 1.82) is 0 Å². The van der Waals surface area contributed by atoms with Crippen LogP contribution in [0, 0.1) is 17.7 Å². The summed E-state index contributed by atoms with van der Waals surface area (Å²) in [5.74, 6) is 5.60. The van der Waals surface area contributed by atoms with Crippen LogP contribution in [-0.2, 0) is 6.42 Å². The maximum absolute atomic E-state index is 13.3. The van der Waals surface area contributed by atoms with Crippen molar-refractivity contribution >= 4 is 0 Å². The van der Waals surface area contributed by atoms with Gasteiger partial charge in [-0.2, -0.15) is 0 Å². The number of rotatable bonds is 4. The second-order valence-corrected chi connectivity index (χ2v) is 3.50. The quantitative estimate of drug-likeness (QED) is 0.744. The van der Waals surface area contributed by atoms with Crippen LogP contribution >= 0.6 is 0 Å². The van der Waals surface area contributed by atoms with Gasteiger partial charge in [-0.3, -0.25) is 0 Å². The summed E-state index contributed by atoms with van der Waals surface area (Å²) in [6.45, 7) is 4.50. The summed E-state index contributed by atoms with van der Waals surface area (Å²) in [6, 6.07) is 7.12. The molecule has 0 aliphatic heterocycles. The van der Waals surface area contributed by atoms with Crippen LogP contribution < -0.4 is 5.32 Å². The van der Waals surface area contributed by atoms with Crippen molar-refractivity contribution in [2.45, 2.75) is 26.3 Å². The first kappa shape index (κ1) is 11.7. The van der Waals surface area contributed by atoms with Crippen LogP contribution in [0.25, 0.3) is 0 Å². The highest BCUT2D eigenvalue weighted by Gasteiger charge is 2.05. The monoisotopic (exact) mass is 205 g/mol. The van der Waals surface area contributed by atoms with E-state index in [0.717, 1.165) is 5.56 Å². The fraction of sp³-hybridized carbons (Fsp3) is 0.385. The van der Waals surface area contributed by atoms with Crippen LogP contribution in [0.3, 0.4) is 0 Å². The van der Waals surface area contributed by atoms with Gasteiger partial charge in [0.2, 0.25) is 0 Å². The molecule has 1 aromatic rings. The van der Waals surface area contributed by atoms with E-state index in [9.17, 15) is 4.39 Å². The van der Waals surface area contributed by atoms with Gasteiger partial charge in [-0.1, -0.05) is 24.1 Å². The first-order valence-corrected chi connectivity index (χ1v) is 5.10. The second kappa shape index (κ2) is 6.21. The van der Waals surface area contributed by atoms with Gasteiger partial charge < -0.3 is 5.32 Å². The third kappa shape index (κ3) is 4.14. The zero-order chi connectivity index (χ0) is 11.1. The molecule has 0 aliphatic carbocycles. The highest BCUT2D eigenvalue weighted by Crippen LogP contribution is 2.08. The number of benzene rings is 1. The van der Waals surface area contributed by atoms with Crippen LogP contribution in [0.1, 0.15) is 19.4 Å². The summed E-state index contributed by atoms with van der Waals surface area (Å²) in [5.41, 5.74) is 0.752. The van der Waals surface area contributed by atoms with Gasteiger partial charge in [-0.15, -0.1) is 5.92 Å². The molecule has 0 saturated carbocycles. The van der Waals surface area contributed by atoms with E-state index in [1.165, 1.54) is 6.07 Å². The van der Waals surface area contributed by atoms with Gasteiger partial charge in [-0.05, 0) is 31.9 Å². The van der Waals surface area contributed by atoms with E-state index >= 15 is 0 Å². The van der Waals surface area contributed by atoms with Crippen molar-refractivity contribution in [2.24, 2.45) is 0 Å². The topological polar surface area (TPSA) is 12.0 Å². The Balaban J connectivity index is 2.46. The molecule has 1 N–H and O–H groups in total. The third-order valence-corrected chi connectivity index (χ3v) is 2.20. The smallest absolute Gasteiger partial charge is 0.126 e. The highest BCUT2D eigenvalue weighted by atomic mass is 19.1. The molecule has 80 valence electrons. The predicted octanol–water partition coefficient (Wildman–Crippen LogP) is 2.37. The molecule has 0 spiro atoms. The largest absolute Gasteiger partial charge is 0.303 e. The molecule has 1 atom stereocenters. The molecule has 0 amide bonds. The lowest BCUT2D eigenvalue weighted by Crippen LogP contribution is -2.28. The summed E-state index contributed by atoms with van der Waals surface area (Å²) in [7, 11) is 0. The molecule has 0 aromatic heterocycles. The summed E-state index contributed by atoms with van der Waals surface area (Å²) in [4.78, 5) is 0. The summed E-state index contributed by atoms with van der Waals surface area (Å²) in [6.07, 6.45) is 0.693. The number of hydrogen-bond donors (Lipinski definition) is 1. The maximum Gasteiger partial charge on any atom is 0.126 e. The van der Waals surface area contributed by atoms with Crippen molar-refractivity contribution in [2.75, 3.05) is 6.54 Å². The lowest BCUT2D eigenvalue weighted by atomic mass is 10.1. The van der Waals surface area contributed by atoms with E-state index in [1.54, 1.807) is 6.07 Å². The minimum Gasteiger partial charge on any atom is -0.303 e. The minimum atomic E-state index is -0.132. The van der Waals surface area contributed by atoms with Gasteiger partial charge >= 0.3 is 0 Å². The van der Waals surface area contributed by atoms with Gasteiger partial charge in [0.05, 0.1) is 6.54 Å². The number of halogens is 1. The van der Waals surface area contributed by atoms with E-state index in [0.29, 0.717) is 13.0 Å². The molecule has 0 saturated heterocycles. The van der Waals surface area contributed by atoms with E-state index in [1.807, 2.05) is 26.0 Å². The first-order valence-electron chi connectivity index (χ1n) is 5.10.